The molecule has 0 aliphatic heterocycles. The molecule has 1 heterocycles. The first-order valence-electron chi connectivity index (χ1n) is 5.07. The lowest BCUT2D eigenvalue weighted by molar-refractivity contribution is 0.475. The summed E-state index contributed by atoms with van der Waals surface area (Å²) in [6.07, 6.45) is 0. The number of aromatic hydroxyl groups is 1. The number of hydrogen-bond acceptors (Lipinski definition) is 1. The zero-order valence-corrected chi connectivity index (χ0v) is 9.07. The number of aromatic nitrogens is 1. The standard InChI is InChI=1S/C13H15NO/c1-10-3-4-11(2)14(10)9-12-5-7-13(15)8-6-12/h3-8,15H,9H2,1-2H3. The van der Waals surface area contributed by atoms with E-state index in [1.807, 2.05) is 12.1 Å². The normalized spacial score (nSPS) is 10.5. The molecule has 0 bridgehead atoms. The van der Waals surface area contributed by atoms with Gasteiger partial charge in [0.05, 0.1) is 0 Å². The topological polar surface area (TPSA) is 25.2 Å². The van der Waals surface area contributed by atoms with Gasteiger partial charge in [0.25, 0.3) is 0 Å². The van der Waals surface area contributed by atoms with Crippen LogP contribution in [-0.2, 0) is 6.54 Å². The van der Waals surface area contributed by atoms with Gasteiger partial charge in [-0.3, -0.25) is 0 Å². The van der Waals surface area contributed by atoms with Crippen molar-refractivity contribution in [3.05, 3.63) is 53.3 Å². The Hall–Kier alpha value is -1.70. The minimum atomic E-state index is 0.319. The van der Waals surface area contributed by atoms with Crippen LogP contribution in [0.2, 0.25) is 0 Å². The van der Waals surface area contributed by atoms with Gasteiger partial charge in [-0.2, -0.15) is 0 Å². The Morgan fingerprint density at radius 1 is 0.933 bits per heavy atom. The van der Waals surface area contributed by atoms with E-state index in [2.05, 4.69) is 30.5 Å². The number of phenolic OH excluding ortho intramolecular Hbond substituents is 1. The molecule has 2 aromatic rings. The minimum Gasteiger partial charge on any atom is -0.508 e. The van der Waals surface area contributed by atoms with Crippen molar-refractivity contribution >= 4 is 0 Å². The van der Waals surface area contributed by atoms with Crippen molar-refractivity contribution in [2.45, 2.75) is 20.4 Å². The number of hydrogen-bond donors (Lipinski definition) is 1. The van der Waals surface area contributed by atoms with Gasteiger partial charge in [0, 0.05) is 17.9 Å². The van der Waals surface area contributed by atoms with E-state index in [1.165, 1.54) is 17.0 Å². The van der Waals surface area contributed by atoms with E-state index < -0.39 is 0 Å². The largest absolute Gasteiger partial charge is 0.508 e. The highest BCUT2D eigenvalue weighted by Gasteiger charge is 2.01. The Labute approximate surface area is 89.8 Å². The van der Waals surface area contributed by atoms with Crippen molar-refractivity contribution in [1.82, 2.24) is 4.57 Å². The van der Waals surface area contributed by atoms with Crippen LogP contribution >= 0.6 is 0 Å². The van der Waals surface area contributed by atoms with Crippen LogP contribution in [0, 0.1) is 13.8 Å². The van der Waals surface area contributed by atoms with Crippen molar-refractivity contribution in [3.63, 3.8) is 0 Å². The quantitative estimate of drug-likeness (QED) is 0.794. The molecule has 0 saturated carbocycles. The lowest BCUT2D eigenvalue weighted by Crippen LogP contribution is -2.03. The van der Waals surface area contributed by atoms with Crippen LogP contribution in [0.15, 0.2) is 36.4 Å². The molecule has 1 aromatic carbocycles. The van der Waals surface area contributed by atoms with Crippen molar-refractivity contribution < 1.29 is 5.11 Å². The van der Waals surface area contributed by atoms with E-state index in [0.717, 1.165) is 6.54 Å². The molecule has 2 heteroatoms. The predicted octanol–water partition coefficient (Wildman–Crippen LogP) is 2.86. The van der Waals surface area contributed by atoms with Gasteiger partial charge < -0.3 is 9.67 Å². The lowest BCUT2D eigenvalue weighted by atomic mass is 10.2. The van der Waals surface area contributed by atoms with Gasteiger partial charge in [-0.1, -0.05) is 12.1 Å². The van der Waals surface area contributed by atoms with Crippen molar-refractivity contribution in [3.8, 4) is 5.75 Å². The summed E-state index contributed by atoms with van der Waals surface area (Å²) in [7, 11) is 0. The zero-order chi connectivity index (χ0) is 10.8. The third-order valence-electron chi connectivity index (χ3n) is 2.69. The summed E-state index contributed by atoms with van der Waals surface area (Å²) in [6.45, 7) is 5.08. The molecular weight excluding hydrogens is 186 g/mol. The average molecular weight is 201 g/mol. The molecule has 0 radical (unpaired) electrons. The summed E-state index contributed by atoms with van der Waals surface area (Å²) >= 11 is 0. The molecule has 0 fully saturated rings. The molecule has 1 N–H and O–H groups in total. The van der Waals surface area contributed by atoms with Crippen LogP contribution in [0.4, 0.5) is 0 Å². The number of aryl methyl sites for hydroxylation is 2. The molecule has 0 aliphatic rings. The lowest BCUT2D eigenvalue weighted by Gasteiger charge is -2.09. The Morgan fingerprint density at radius 3 is 2.00 bits per heavy atom. The van der Waals surface area contributed by atoms with Crippen LogP contribution in [0.1, 0.15) is 17.0 Å². The van der Waals surface area contributed by atoms with Gasteiger partial charge in [-0.15, -0.1) is 0 Å². The minimum absolute atomic E-state index is 0.319. The second-order valence-electron chi connectivity index (χ2n) is 3.87. The molecule has 78 valence electrons. The summed E-state index contributed by atoms with van der Waals surface area (Å²) in [6, 6.07) is 11.6. The highest BCUT2D eigenvalue weighted by atomic mass is 16.3. The fraction of sp³-hybridized carbons (Fsp3) is 0.231. The second-order valence-corrected chi connectivity index (χ2v) is 3.87. The molecule has 0 atom stereocenters. The first-order chi connectivity index (χ1) is 7.16. The van der Waals surface area contributed by atoms with Crippen molar-refractivity contribution in [2.75, 3.05) is 0 Å². The molecule has 2 rings (SSSR count). The van der Waals surface area contributed by atoms with E-state index in [9.17, 15) is 5.11 Å². The number of benzene rings is 1. The fourth-order valence-electron chi connectivity index (χ4n) is 1.73. The molecule has 1 aromatic heterocycles. The Bertz CT molecular complexity index is 434. The van der Waals surface area contributed by atoms with Crippen molar-refractivity contribution in [1.29, 1.82) is 0 Å². The Kier molecular flexibility index (Phi) is 2.50. The molecule has 0 aliphatic carbocycles. The highest BCUT2D eigenvalue weighted by Crippen LogP contribution is 2.14. The maximum atomic E-state index is 9.19. The molecule has 0 amide bonds. The summed E-state index contributed by atoms with van der Waals surface area (Å²) in [4.78, 5) is 0. The SMILES string of the molecule is Cc1ccc(C)n1Cc1ccc(O)cc1. The Morgan fingerprint density at radius 2 is 1.47 bits per heavy atom. The van der Waals surface area contributed by atoms with Gasteiger partial charge in [0.2, 0.25) is 0 Å². The summed E-state index contributed by atoms with van der Waals surface area (Å²) in [5.41, 5.74) is 3.73. The van der Waals surface area contributed by atoms with E-state index in [0.29, 0.717) is 5.75 Å². The van der Waals surface area contributed by atoms with Gasteiger partial charge in [-0.05, 0) is 43.7 Å². The van der Waals surface area contributed by atoms with Gasteiger partial charge in [0.15, 0.2) is 0 Å². The van der Waals surface area contributed by atoms with E-state index in [-0.39, 0.29) is 0 Å². The van der Waals surface area contributed by atoms with E-state index >= 15 is 0 Å². The number of phenols is 1. The highest BCUT2D eigenvalue weighted by molar-refractivity contribution is 5.27. The second kappa shape index (κ2) is 3.81. The monoisotopic (exact) mass is 201 g/mol. The summed E-state index contributed by atoms with van der Waals surface area (Å²) in [5, 5.41) is 9.19. The van der Waals surface area contributed by atoms with Gasteiger partial charge >= 0.3 is 0 Å². The third-order valence-corrected chi connectivity index (χ3v) is 2.69. The molecule has 0 saturated heterocycles. The predicted molar refractivity (Wildman–Crippen MR) is 61.1 cm³/mol. The van der Waals surface area contributed by atoms with Crippen molar-refractivity contribution in [2.24, 2.45) is 0 Å². The van der Waals surface area contributed by atoms with Crippen LogP contribution < -0.4 is 0 Å². The maximum Gasteiger partial charge on any atom is 0.115 e. The average Bonchev–Trinajstić information content (AvgIpc) is 2.53. The van der Waals surface area contributed by atoms with Crippen LogP contribution in [0.25, 0.3) is 0 Å². The zero-order valence-electron chi connectivity index (χ0n) is 9.07. The van der Waals surface area contributed by atoms with E-state index in [4.69, 9.17) is 0 Å². The Balaban J connectivity index is 2.25. The molecule has 0 spiro atoms. The molecule has 2 nitrogen and oxygen atoms in total. The maximum absolute atomic E-state index is 9.19. The van der Waals surface area contributed by atoms with Crippen LogP contribution in [-0.4, -0.2) is 9.67 Å². The van der Waals surface area contributed by atoms with Crippen LogP contribution in [0.5, 0.6) is 5.75 Å². The first-order valence-corrected chi connectivity index (χ1v) is 5.07. The fourth-order valence-corrected chi connectivity index (χ4v) is 1.73. The van der Waals surface area contributed by atoms with E-state index in [1.54, 1.807) is 12.1 Å². The smallest absolute Gasteiger partial charge is 0.115 e. The number of nitrogens with zero attached hydrogens (tertiary/aromatic N) is 1. The summed E-state index contributed by atoms with van der Waals surface area (Å²) < 4.78 is 2.26. The molecule has 0 unspecified atom stereocenters. The summed E-state index contributed by atoms with van der Waals surface area (Å²) in [5.74, 6) is 0.319. The third kappa shape index (κ3) is 2.04. The van der Waals surface area contributed by atoms with Gasteiger partial charge in [0.1, 0.15) is 5.75 Å². The molecule has 15 heavy (non-hydrogen) atoms. The first kappa shape index (κ1) is 9.84. The number of rotatable bonds is 2. The van der Waals surface area contributed by atoms with Gasteiger partial charge in [-0.25, -0.2) is 0 Å². The molecular formula is C13H15NO. The van der Waals surface area contributed by atoms with Crippen LogP contribution in [0.3, 0.4) is 0 Å².